The van der Waals surface area contributed by atoms with E-state index in [0.29, 0.717) is 19.8 Å². The van der Waals surface area contributed by atoms with Crippen molar-refractivity contribution in [2.24, 2.45) is 0 Å². The van der Waals surface area contributed by atoms with E-state index >= 15 is 0 Å². The number of benzene rings is 3. The lowest BCUT2D eigenvalue weighted by Gasteiger charge is -2.42. The van der Waals surface area contributed by atoms with Crippen molar-refractivity contribution in [3.05, 3.63) is 108 Å². The van der Waals surface area contributed by atoms with Crippen LogP contribution in [-0.2, 0) is 76.7 Å². The third kappa shape index (κ3) is 8.55. The van der Waals surface area contributed by atoms with Crippen LogP contribution in [0.2, 0.25) is 0 Å². The summed E-state index contributed by atoms with van der Waals surface area (Å²) >= 11 is 0. The molecule has 5 saturated heterocycles. The van der Waals surface area contributed by atoms with Crippen molar-refractivity contribution in [1.29, 1.82) is 0 Å². The molecule has 0 N–H and O–H groups in total. The van der Waals surface area contributed by atoms with Crippen molar-refractivity contribution in [3.8, 4) is 0 Å². The van der Waals surface area contributed by atoms with E-state index in [2.05, 4.69) is 0 Å². The van der Waals surface area contributed by atoms with Crippen LogP contribution >= 0.6 is 0 Å². The lowest BCUT2D eigenvalue weighted by Crippen LogP contribution is -2.59. The van der Waals surface area contributed by atoms with Gasteiger partial charge in [-0.2, -0.15) is 0 Å². The Kier molecular flexibility index (Phi) is 10.8. The van der Waals surface area contributed by atoms with E-state index in [1.807, 2.05) is 119 Å². The molecule has 7 unspecified atom stereocenters. The minimum atomic E-state index is -1.52. The maximum absolute atomic E-state index is 6.70. The van der Waals surface area contributed by atoms with Gasteiger partial charge in [0.15, 0.2) is 24.2 Å². The summed E-state index contributed by atoms with van der Waals surface area (Å²) in [6, 6.07) is 30.0. The standard InChI is InChI=1S/C41H50O12/c1-39(2)48-32-30(47-37-36(34(32)49-39)50-40(3,4)52-37)25-45-41(5)51-35-33(44-23-28-19-13-8-14-20-28)31(43-22-27-17-11-7-12-18-27)29(46-38(35)53-41)24-42-21-26-15-9-6-10-16-26/h6-20,29-38H,21-25H2,1-5H3/t29?,30?,31-,32+,33?,34?,35?,36?,37-,38+,41?/m1/s1. The zero-order valence-electron chi connectivity index (χ0n) is 30.9. The zero-order chi connectivity index (χ0) is 36.6. The number of hydrogen-bond donors (Lipinski definition) is 0. The van der Waals surface area contributed by atoms with E-state index in [1.54, 1.807) is 6.92 Å². The average molecular weight is 735 g/mol. The van der Waals surface area contributed by atoms with E-state index in [1.165, 1.54) is 0 Å². The lowest BCUT2D eigenvalue weighted by atomic mass is 9.98. The van der Waals surface area contributed by atoms with E-state index < -0.39 is 79.0 Å². The SMILES string of the molecule is CC1(C)OC2C3OC(C)(C)O[C@H]3C(COC3(C)OC4C(OCc5ccccc5)[C@H](OCc5ccccc5)C(COCc5ccccc5)O[C@H]4O3)O[C@@H]2O1. The molecule has 0 amide bonds. The summed E-state index contributed by atoms with van der Waals surface area (Å²) in [6.07, 6.45) is -5.84. The largest absolute Gasteiger partial charge is 0.374 e. The second-order valence-corrected chi connectivity index (χ2v) is 15.1. The molecule has 3 aromatic carbocycles. The van der Waals surface area contributed by atoms with E-state index in [-0.39, 0.29) is 13.2 Å². The van der Waals surface area contributed by atoms with Gasteiger partial charge in [-0.15, -0.1) is 0 Å². The van der Waals surface area contributed by atoms with Crippen molar-refractivity contribution in [2.75, 3.05) is 13.2 Å². The summed E-state index contributed by atoms with van der Waals surface area (Å²) in [5.41, 5.74) is 3.09. The van der Waals surface area contributed by atoms with Crippen LogP contribution in [0, 0.1) is 0 Å². The molecular formula is C41H50O12. The molecule has 3 aromatic rings. The van der Waals surface area contributed by atoms with Crippen LogP contribution in [0.1, 0.15) is 51.3 Å². The molecule has 8 rings (SSSR count). The third-order valence-electron chi connectivity index (χ3n) is 10.00. The molecule has 286 valence electrons. The van der Waals surface area contributed by atoms with Crippen LogP contribution in [-0.4, -0.2) is 92.2 Å². The summed E-state index contributed by atoms with van der Waals surface area (Å²) in [5, 5.41) is 0. The fourth-order valence-corrected chi connectivity index (χ4v) is 7.64. The van der Waals surface area contributed by atoms with Crippen molar-refractivity contribution in [1.82, 2.24) is 0 Å². The highest BCUT2D eigenvalue weighted by atomic mass is 16.9. The fourth-order valence-electron chi connectivity index (χ4n) is 7.64. The van der Waals surface area contributed by atoms with Gasteiger partial charge in [-0.3, -0.25) is 4.74 Å². The average Bonchev–Trinajstić information content (AvgIpc) is 3.77. The number of rotatable bonds is 13. The summed E-state index contributed by atoms with van der Waals surface area (Å²) in [5.74, 6) is -3.20. The second kappa shape index (κ2) is 15.4. The van der Waals surface area contributed by atoms with Crippen LogP contribution in [0.25, 0.3) is 0 Å². The van der Waals surface area contributed by atoms with Crippen molar-refractivity contribution < 1.29 is 56.8 Å². The molecule has 5 fully saturated rings. The monoisotopic (exact) mass is 734 g/mol. The molecule has 0 spiro atoms. The van der Waals surface area contributed by atoms with Gasteiger partial charge in [0.2, 0.25) is 0 Å². The molecule has 0 aliphatic carbocycles. The van der Waals surface area contributed by atoms with Gasteiger partial charge >= 0.3 is 0 Å². The minimum Gasteiger partial charge on any atom is -0.374 e. The van der Waals surface area contributed by atoms with Crippen LogP contribution in [0.5, 0.6) is 0 Å². The summed E-state index contributed by atoms with van der Waals surface area (Å²) in [4.78, 5) is 0. The molecule has 53 heavy (non-hydrogen) atoms. The summed E-state index contributed by atoms with van der Waals surface area (Å²) in [6.45, 7) is 10.5. The summed E-state index contributed by atoms with van der Waals surface area (Å²) < 4.78 is 77.0. The Morgan fingerprint density at radius 3 is 1.62 bits per heavy atom. The van der Waals surface area contributed by atoms with Gasteiger partial charge in [-0.25, -0.2) is 0 Å². The molecular weight excluding hydrogens is 684 g/mol. The zero-order valence-corrected chi connectivity index (χ0v) is 30.9. The highest BCUT2D eigenvalue weighted by Gasteiger charge is 2.62. The van der Waals surface area contributed by atoms with E-state index in [0.717, 1.165) is 16.7 Å². The third-order valence-corrected chi connectivity index (χ3v) is 10.00. The molecule has 5 heterocycles. The Labute approximate surface area is 310 Å². The van der Waals surface area contributed by atoms with Gasteiger partial charge in [0, 0.05) is 6.92 Å². The normalized spacial score (nSPS) is 36.8. The van der Waals surface area contributed by atoms with Gasteiger partial charge in [-0.05, 0) is 44.4 Å². The Morgan fingerprint density at radius 1 is 0.472 bits per heavy atom. The number of ether oxygens (including phenoxy) is 12. The second-order valence-electron chi connectivity index (χ2n) is 15.1. The molecule has 11 atom stereocenters. The molecule has 12 heteroatoms. The Hall–Kier alpha value is -2.82. The highest BCUT2D eigenvalue weighted by molar-refractivity contribution is 5.15. The topological polar surface area (TPSA) is 111 Å². The van der Waals surface area contributed by atoms with Crippen molar-refractivity contribution in [3.63, 3.8) is 0 Å². The van der Waals surface area contributed by atoms with Crippen LogP contribution < -0.4 is 0 Å². The molecule has 5 aliphatic rings. The first-order chi connectivity index (χ1) is 25.5. The molecule has 5 aliphatic heterocycles. The van der Waals surface area contributed by atoms with Gasteiger partial charge in [-0.1, -0.05) is 91.0 Å². The minimum absolute atomic E-state index is 0.0522. The first-order valence-electron chi connectivity index (χ1n) is 18.5. The predicted molar refractivity (Wildman–Crippen MR) is 188 cm³/mol. The van der Waals surface area contributed by atoms with Gasteiger partial charge in [0.25, 0.3) is 5.97 Å². The molecule has 0 aromatic heterocycles. The Balaban J connectivity index is 1.01. The molecule has 12 nitrogen and oxygen atoms in total. The predicted octanol–water partition coefficient (Wildman–Crippen LogP) is 5.60. The smallest absolute Gasteiger partial charge is 0.282 e. The number of hydrogen-bond acceptors (Lipinski definition) is 12. The van der Waals surface area contributed by atoms with Gasteiger partial charge < -0.3 is 52.1 Å². The van der Waals surface area contributed by atoms with Crippen LogP contribution in [0.15, 0.2) is 91.0 Å². The van der Waals surface area contributed by atoms with E-state index in [4.69, 9.17) is 56.8 Å². The highest BCUT2D eigenvalue weighted by Crippen LogP contribution is 2.45. The molecule has 0 saturated carbocycles. The lowest BCUT2D eigenvalue weighted by molar-refractivity contribution is -0.358. The number of fused-ring (bicyclic) bond motifs is 4. The molecule has 0 radical (unpaired) electrons. The quantitative estimate of drug-likeness (QED) is 0.218. The maximum Gasteiger partial charge on any atom is 0.282 e. The Morgan fingerprint density at radius 2 is 0.981 bits per heavy atom. The van der Waals surface area contributed by atoms with Crippen molar-refractivity contribution in [2.45, 2.75) is 133 Å². The maximum atomic E-state index is 6.70. The van der Waals surface area contributed by atoms with Crippen LogP contribution in [0.4, 0.5) is 0 Å². The van der Waals surface area contributed by atoms with Crippen molar-refractivity contribution >= 4 is 0 Å². The van der Waals surface area contributed by atoms with Crippen LogP contribution in [0.3, 0.4) is 0 Å². The van der Waals surface area contributed by atoms with Gasteiger partial charge in [0.1, 0.15) is 48.8 Å². The Bertz CT molecular complexity index is 1630. The first-order valence-corrected chi connectivity index (χ1v) is 18.5. The van der Waals surface area contributed by atoms with Gasteiger partial charge in [0.05, 0.1) is 33.0 Å². The summed E-state index contributed by atoms with van der Waals surface area (Å²) in [7, 11) is 0. The fraction of sp³-hybridized carbons (Fsp3) is 0.561. The first kappa shape index (κ1) is 37.1. The molecule has 0 bridgehead atoms. The van der Waals surface area contributed by atoms with E-state index in [9.17, 15) is 0 Å².